The van der Waals surface area contributed by atoms with Gasteiger partial charge in [0.15, 0.2) is 0 Å². The molecule has 0 saturated carbocycles. The van der Waals surface area contributed by atoms with E-state index in [4.69, 9.17) is 5.84 Å². The highest BCUT2D eigenvalue weighted by Gasteiger charge is 2.10. The van der Waals surface area contributed by atoms with Gasteiger partial charge in [-0.05, 0) is 6.07 Å². The summed E-state index contributed by atoms with van der Waals surface area (Å²) in [6.07, 6.45) is 1.73. The van der Waals surface area contributed by atoms with Crippen molar-refractivity contribution in [3.8, 4) is 0 Å². The average Bonchev–Trinajstić information content (AvgIpc) is 2.60. The standard InChI is InChI=1S/C10H11N3O/c1-7(14)13(11)10-6-12-9-5-3-2-4-8(9)10/h2-6,12H,11H2,1H3. The van der Waals surface area contributed by atoms with E-state index in [1.807, 2.05) is 24.3 Å². The molecular weight excluding hydrogens is 178 g/mol. The molecule has 1 aromatic carbocycles. The molecule has 0 aliphatic heterocycles. The van der Waals surface area contributed by atoms with Crippen LogP contribution in [0.5, 0.6) is 0 Å². The molecule has 2 aromatic rings. The molecule has 0 aliphatic rings. The summed E-state index contributed by atoms with van der Waals surface area (Å²) in [6.45, 7) is 1.43. The lowest BCUT2D eigenvalue weighted by atomic mass is 10.2. The molecule has 0 spiro atoms. The fraction of sp³-hybridized carbons (Fsp3) is 0.100. The summed E-state index contributed by atoms with van der Waals surface area (Å²) in [5.41, 5.74) is 1.67. The highest BCUT2D eigenvalue weighted by molar-refractivity contribution is 6.01. The maximum absolute atomic E-state index is 11.1. The van der Waals surface area contributed by atoms with Crippen molar-refractivity contribution in [3.63, 3.8) is 0 Å². The highest BCUT2D eigenvalue weighted by atomic mass is 16.2. The van der Waals surface area contributed by atoms with Gasteiger partial charge >= 0.3 is 0 Å². The number of benzene rings is 1. The van der Waals surface area contributed by atoms with Gasteiger partial charge < -0.3 is 4.98 Å². The Kier molecular flexibility index (Phi) is 1.98. The number of amides is 1. The van der Waals surface area contributed by atoms with Crippen LogP contribution in [0.2, 0.25) is 0 Å². The van der Waals surface area contributed by atoms with Crippen molar-refractivity contribution >= 4 is 22.5 Å². The van der Waals surface area contributed by atoms with Crippen molar-refractivity contribution in [1.82, 2.24) is 4.98 Å². The fourth-order valence-corrected chi connectivity index (χ4v) is 1.43. The van der Waals surface area contributed by atoms with Crippen LogP contribution < -0.4 is 10.9 Å². The number of rotatable bonds is 1. The summed E-state index contributed by atoms with van der Waals surface area (Å²) < 4.78 is 0. The van der Waals surface area contributed by atoms with Crippen LogP contribution in [0, 0.1) is 0 Å². The van der Waals surface area contributed by atoms with E-state index < -0.39 is 0 Å². The Bertz CT molecular complexity index is 475. The van der Waals surface area contributed by atoms with Crippen LogP contribution in [-0.2, 0) is 4.79 Å². The molecule has 0 saturated heterocycles. The second kappa shape index (κ2) is 3.16. The molecule has 14 heavy (non-hydrogen) atoms. The summed E-state index contributed by atoms with van der Waals surface area (Å²) >= 11 is 0. The molecule has 0 aliphatic carbocycles. The minimum atomic E-state index is -0.185. The second-order valence-electron chi connectivity index (χ2n) is 3.11. The molecule has 3 N–H and O–H groups in total. The molecule has 4 nitrogen and oxygen atoms in total. The summed E-state index contributed by atoms with van der Waals surface area (Å²) in [5, 5.41) is 2.09. The number of carbonyl (C=O) groups is 1. The van der Waals surface area contributed by atoms with E-state index in [2.05, 4.69) is 4.98 Å². The zero-order valence-electron chi connectivity index (χ0n) is 7.82. The number of nitrogens with two attached hydrogens (primary N) is 1. The number of nitrogens with zero attached hydrogens (tertiary/aromatic N) is 1. The van der Waals surface area contributed by atoms with E-state index in [1.54, 1.807) is 6.20 Å². The largest absolute Gasteiger partial charge is 0.359 e. The van der Waals surface area contributed by atoms with Gasteiger partial charge in [0.05, 0.1) is 5.69 Å². The summed E-state index contributed by atoms with van der Waals surface area (Å²) in [5.74, 6) is 5.43. The molecule has 4 heteroatoms. The zero-order valence-corrected chi connectivity index (χ0v) is 7.82. The minimum Gasteiger partial charge on any atom is -0.359 e. The Labute approximate surface area is 81.3 Å². The van der Waals surface area contributed by atoms with E-state index in [9.17, 15) is 4.79 Å². The highest BCUT2D eigenvalue weighted by Crippen LogP contribution is 2.24. The van der Waals surface area contributed by atoms with Crippen molar-refractivity contribution in [2.45, 2.75) is 6.92 Å². The molecule has 0 radical (unpaired) electrons. The van der Waals surface area contributed by atoms with Crippen LogP contribution in [0.15, 0.2) is 30.5 Å². The molecule has 0 atom stereocenters. The lowest BCUT2D eigenvalue weighted by Gasteiger charge is -2.12. The number of hydrogen-bond acceptors (Lipinski definition) is 2. The Balaban J connectivity index is 2.58. The van der Waals surface area contributed by atoms with Gasteiger partial charge in [-0.15, -0.1) is 0 Å². The minimum absolute atomic E-state index is 0.185. The Hall–Kier alpha value is -1.81. The lowest BCUT2D eigenvalue weighted by molar-refractivity contribution is -0.116. The van der Waals surface area contributed by atoms with Crippen LogP contribution in [0.25, 0.3) is 10.9 Å². The normalized spacial score (nSPS) is 10.4. The molecule has 1 aromatic heterocycles. The predicted molar refractivity (Wildman–Crippen MR) is 55.6 cm³/mol. The molecular formula is C10H11N3O. The smallest absolute Gasteiger partial charge is 0.238 e. The molecule has 0 unspecified atom stereocenters. The van der Waals surface area contributed by atoms with Crippen molar-refractivity contribution in [1.29, 1.82) is 0 Å². The van der Waals surface area contributed by atoms with E-state index >= 15 is 0 Å². The molecule has 72 valence electrons. The molecule has 1 heterocycles. The molecule has 1 amide bonds. The first-order chi connectivity index (χ1) is 6.70. The van der Waals surface area contributed by atoms with Gasteiger partial charge in [-0.3, -0.25) is 4.79 Å². The number of fused-ring (bicyclic) bond motifs is 1. The zero-order chi connectivity index (χ0) is 10.1. The van der Waals surface area contributed by atoms with Crippen molar-refractivity contribution in [3.05, 3.63) is 30.5 Å². The number of hydrogen-bond donors (Lipinski definition) is 2. The maximum atomic E-state index is 11.1. The quantitative estimate of drug-likeness (QED) is 0.404. The van der Waals surface area contributed by atoms with Crippen molar-refractivity contribution < 1.29 is 4.79 Å². The van der Waals surface area contributed by atoms with Gasteiger partial charge in [-0.2, -0.15) is 0 Å². The summed E-state index contributed by atoms with van der Waals surface area (Å²) in [4.78, 5) is 14.1. The molecule has 2 rings (SSSR count). The lowest BCUT2D eigenvalue weighted by Crippen LogP contribution is -2.35. The third-order valence-corrected chi connectivity index (χ3v) is 2.17. The third-order valence-electron chi connectivity index (χ3n) is 2.17. The summed E-state index contributed by atoms with van der Waals surface area (Å²) in [6, 6.07) is 7.70. The Morgan fingerprint density at radius 1 is 1.43 bits per heavy atom. The van der Waals surface area contributed by atoms with Crippen LogP contribution in [-0.4, -0.2) is 10.9 Å². The SMILES string of the molecule is CC(=O)N(N)c1c[nH]c2ccccc12. The first kappa shape index (κ1) is 8.77. The van der Waals surface area contributed by atoms with E-state index in [0.717, 1.165) is 15.9 Å². The Morgan fingerprint density at radius 2 is 2.14 bits per heavy atom. The maximum Gasteiger partial charge on any atom is 0.238 e. The number of aromatic nitrogens is 1. The molecule has 0 fully saturated rings. The molecule has 0 bridgehead atoms. The first-order valence-corrected chi connectivity index (χ1v) is 4.31. The van der Waals surface area contributed by atoms with Crippen molar-refractivity contribution in [2.75, 3.05) is 5.01 Å². The van der Waals surface area contributed by atoms with Crippen LogP contribution in [0.1, 0.15) is 6.92 Å². The number of anilines is 1. The van der Waals surface area contributed by atoms with Gasteiger partial charge in [0.1, 0.15) is 0 Å². The van der Waals surface area contributed by atoms with E-state index in [0.29, 0.717) is 5.69 Å². The van der Waals surface area contributed by atoms with Gasteiger partial charge in [0, 0.05) is 24.0 Å². The van der Waals surface area contributed by atoms with Crippen LogP contribution in [0.4, 0.5) is 5.69 Å². The monoisotopic (exact) mass is 189 g/mol. The summed E-state index contributed by atoms with van der Waals surface area (Å²) in [7, 11) is 0. The number of para-hydroxylation sites is 1. The van der Waals surface area contributed by atoms with Crippen molar-refractivity contribution in [2.24, 2.45) is 5.84 Å². The van der Waals surface area contributed by atoms with Crippen LogP contribution in [0.3, 0.4) is 0 Å². The first-order valence-electron chi connectivity index (χ1n) is 4.31. The van der Waals surface area contributed by atoms with Gasteiger partial charge in [-0.1, -0.05) is 18.2 Å². The average molecular weight is 189 g/mol. The van der Waals surface area contributed by atoms with Crippen LogP contribution >= 0.6 is 0 Å². The predicted octanol–water partition coefficient (Wildman–Crippen LogP) is 1.39. The van der Waals surface area contributed by atoms with Gasteiger partial charge in [0.2, 0.25) is 5.91 Å². The van der Waals surface area contributed by atoms with E-state index in [1.165, 1.54) is 6.92 Å². The fourth-order valence-electron chi connectivity index (χ4n) is 1.43. The number of nitrogens with one attached hydrogen (secondary N) is 1. The number of carbonyl (C=O) groups excluding carboxylic acids is 1. The third kappa shape index (κ3) is 1.25. The number of hydrazine groups is 1. The topological polar surface area (TPSA) is 62.1 Å². The van der Waals surface area contributed by atoms with Gasteiger partial charge in [-0.25, -0.2) is 10.9 Å². The Morgan fingerprint density at radius 3 is 2.86 bits per heavy atom. The number of H-pyrrole nitrogens is 1. The van der Waals surface area contributed by atoms with E-state index in [-0.39, 0.29) is 5.91 Å². The van der Waals surface area contributed by atoms with Gasteiger partial charge in [0.25, 0.3) is 0 Å². The second-order valence-corrected chi connectivity index (χ2v) is 3.11. The number of aromatic amines is 1.